The second-order valence-corrected chi connectivity index (χ2v) is 4.58. The van der Waals surface area contributed by atoms with E-state index in [4.69, 9.17) is 29.4 Å². The molecular weight excluding hydrogens is 256 g/mol. The molecule has 102 valence electrons. The molecule has 0 aromatic heterocycles. The summed E-state index contributed by atoms with van der Waals surface area (Å²) in [6.07, 6.45) is 0.342. The Kier molecular flexibility index (Phi) is 5.70. The summed E-state index contributed by atoms with van der Waals surface area (Å²) in [6.45, 7) is 2.47. The molecule has 18 heavy (non-hydrogen) atoms. The highest BCUT2D eigenvalue weighted by Crippen LogP contribution is 2.24. The third-order valence-electron chi connectivity index (χ3n) is 2.70. The van der Waals surface area contributed by atoms with Crippen molar-refractivity contribution in [3.63, 3.8) is 0 Å². The lowest BCUT2D eigenvalue weighted by molar-refractivity contribution is -0.143. The van der Waals surface area contributed by atoms with Gasteiger partial charge in [0.15, 0.2) is 0 Å². The lowest BCUT2D eigenvalue weighted by atomic mass is 9.85. The first-order valence-corrected chi connectivity index (χ1v) is 5.71. The fourth-order valence-corrected chi connectivity index (χ4v) is 1.59. The number of rotatable bonds is 7. The molecule has 1 atom stereocenters. The van der Waals surface area contributed by atoms with Crippen molar-refractivity contribution in [2.24, 2.45) is 22.6 Å². The molecule has 7 nitrogen and oxygen atoms in total. The Labute approximate surface area is 111 Å². The maximum atomic E-state index is 12.3. The molecule has 0 radical (unpaired) electrons. The molecule has 0 rings (SSSR count). The lowest BCUT2D eigenvalue weighted by Crippen LogP contribution is -2.52. The number of carbonyl (C=O) groups is 3. The molecule has 6 N–H and O–H groups in total. The van der Waals surface area contributed by atoms with Gasteiger partial charge >= 0.3 is 0 Å². The lowest BCUT2D eigenvalue weighted by Gasteiger charge is -2.31. The largest absolute Gasteiger partial charge is 0.392 e. The number of nitrogens with zero attached hydrogens (tertiary/aromatic N) is 1. The second kappa shape index (κ2) is 6.29. The van der Waals surface area contributed by atoms with Gasteiger partial charge in [0, 0.05) is 0 Å². The average Bonchev–Trinajstić information content (AvgIpc) is 2.24. The standard InChI is InChI=1S/C10H18N4O3S/c1-3-10(2,8(13)18)9(17)14(4-6(11)15)5-7(12)16/h3-5H2,1-2H3,(H2,11,15)(H2,12,16)(H2,13,18). The zero-order chi connectivity index (χ0) is 14.5. The SMILES string of the molecule is CCC(C)(C(=O)N(CC(N)=O)CC(N)=O)C(N)=S. The van der Waals surface area contributed by atoms with E-state index >= 15 is 0 Å². The number of carbonyl (C=O) groups excluding carboxylic acids is 3. The van der Waals surface area contributed by atoms with Gasteiger partial charge in [-0.3, -0.25) is 14.4 Å². The topological polar surface area (TPSA) is 133 Å². The minimum absolute atomic E-state index is 0.00561. The molecule has 0 fully saturated rings. The van der Waals surface area contributed by atoms with Gasteiger partial charge in [-0.05, 0) is 13.3 Å². The van der Waals surface area contributed by atoms with Gasteiger partial charge in [0.05, 0.1) is 23.5 Å². The monoisotopic (exact) mass is 274 g/mol. The number of nitrogens with two attached hydrogens (primary N) is 3. The predicted octanol–water partition coefficient (Wildman–Crippen LogP) is -1.51. The summed E-state index contributed by atoms with van der Waals surface area (Å²) in [4.78, 5) is 35.0. The van der Waals surface area contributed by atoms with Gasteiger partial charge in [0.2, 0.25) is 17.7 Å². The molecule has 0 saturated heterocycles. The van der Waals surface area contributed by atoms with Crippen molar-refractivity contribution in [2.45, 2.75) is 20.3 Å². The summed E-state index contributed by atoms with van der Waals surface area (Å²) < 4.78 is 0. The van der Waals surface area contributed by atoms with Gasteiger partial charge in [0.1, 0.15) is 0 Å². The van der Waals surface area contributed by atoms with Gasteiger partial charge in [-0.2, -0.15) is 0 Å². The number of primary amides is 2. The highest BCUT2D eigenvalue weighted by molar-refractivity contribution is 7.80. The Balaban J connectivity index is 5.21. The van der Waals surface area contributed by atoms with E-state index in [1.54, 1.807) is 13.8 Å². The molecule has 0 aliphatic rings. The van der Waals surface area contributed by atoms with Gasteiger partial charge in [-0.1, -0.05) is 19.1 Å². The van der Waals surface area contributed by atoms with E-state index in [1.165, 1.54) is 0 Å². The molecule has 0 aromatic rings. The first kappa shape index (κ1) is 16.3. The van der Waals surface area contributed by atoms with Crippen LogP contribution >= 0.6 is 12.2 Å². The minimum atomic E-state index is -1.12. The van der Waals surface area contributed by atoms with Crippen LogP contribution in [0.4, 0.5) is 0 Å². The van der Waals surface area contributed by atoms with E-state index in [9.17, 15) is 14.4 Å². The maximum absolute atomic E-state index is 12.3. The first-order valence-electron chi connectivity index (χ1n) is 5.31. The maximum Gasteiger partial charge on any atom is 0.237 e. The molecule has 1 unspecified atom stereocenters. The number of thiocarbonyl (C=S) groups is 1. The normalized spacial score (nSPS) is 13.4. The van der Waals surface area contributed by atoms with Gasteiger partial charge in [-0.25, -0.2) is 0 Å². The van der Waals surface area contributed by atoms with Crippen LogP contribution in [0.25, 0.3) is 0 Å². The van der Waals surface area contributed by atoms with Gasteiger partial charge in [0.25, 0.3) is 0 Å². The fraction of sp³-hybridized carbons (Fsp3) is 0.600. The molecule has 0 aromatic carbocycles. The van der Waals surface area contributed by atoms with Crippen LogP contribution in [-0.2, 0) is 14.4 Å². The van der Waals surface area contributed by atoms with Crippen LogP contribution in [-0.4, -0.2) is 40.7 Å². The van der Waals surface area contributed by atoms with Gasteiger partial charge in [-0.15, -0.1) is 0 Å². The van der Waals surface area contributed by atoms with Crippen molar-refractivity contribution in [3.05, 3.63) is 0 Å². The third-order valence-corrected chi connectivity index (χ3v) is 3.15. The molecule has 0 bridgehead atoms. The summed E-state index contributed by atoms with van der Waals surface area (Å²) in [5.74, 6) is -2.02. The van der Waals surface area contributed by atoms with Crippen LogP contribution < -0.4 is 17.2 Å². The van der Waals surface area contributed by atoms with E-state index in [1.807, 2.05) is 0 Å². The van der Waals surface area contributed by atoms with Crippen LogP contribution in [0.3, 0.4) is 0 Å². The molecule has 0 heterocycles. The van der Waals surface area contributed by atoms with Crippen molar-refractivity contribution in [2.75, 3.05) is 13.1 Å². The zero-order valence-electron chi connectivity index (χ0n) is 10.4. The van der Waals surface area contributed by atoms with Crippen LogP contribution in [0.15, 0.2) is 0 Å². The third kappa shape index (κ3) is 3.95. The summed E-state index contributed by atoms with van der Waals surface area (Å²) in [5, 5.41) is 0. The van der Waals surface area contributed by atoms with Gasteiger partial charge < -0.3 is 22.1 Å². The molecule has 3 amide bonds. The van der Waals surface area contributed by atoms with Crippen LogP contribution in [0.5, 0.6) is 0 Å². The minimum Gasteiger partial charge on any atom is -0.392 e. The van der Waals surface area contributed by atoms with Crippen molar-refractivity contribution in [1.29, 1.82) is 0 Å². The Bertz CT molecular complexity index is 369. The average molecular weight is 274 g/mol. The molecule has 8 heteroatoms. The van der Waals surface area contributed by atoms with E-state index in [2.05, 4.69) is 0 Å². The van der Waals surface area contributed by atoms with Crippen molar-refractivity contribution in [3.8, 4) is 0 Å². The second-order valence-electron chi connectivity index (χ2n) is 4.14. The van der Waals surface area contributed by atoms with Crippen molar-refractivity contribution < 1.29 is 14.4 Å². The molecule has 0 aliphatic carbocycles. The van der Waals surface area contributed by atoms with E-state index in [0.717, 1.165) is 4.90 Å². The molecular formula is C10H18N4O3S. The number of hydrogen-bond acceptors (Lipinski definition) is 4. The van der Waals surface area contributed by atoms with Crippen LogP contribution in [0, 0.1) is 5.41 Å². The van der Waals surface area contributed by atoms with Crippen LogP contribution in [0.1, 0.15) is 20.3 Å². The highest BCUT2D eigenvalue weighted by Gasteiger charge is 2.38. The Hall–Kier alpha value is -1.70. The Morgan fingerprint density at radius 1 is 1.11 bits per heavy atom. The predicted molar refractivity (Wildman–Crippen MR) is 70.2 cm³/mol. The molecule has 0 saturated carbocycles. The highest BCUT2D eigenvalue weighted by atomic mass is 32.1. The first-order chi connectivity index (χ1) is 8.15. The van der Waals surface area contributed by atoms with E-state index < -0.39 is 36.2 Å². The van der Waals surface area contributed by atoms with E-state index in [-0.39, 0.29) is 4.99 Å². The summed E-state index contributed by atoms with van der Waals surface area (Å²) >= 11 is 4.85. The summed E-state index contributed by atoms with van der Waals surface area (Å²) in [7, 11) is 0. The number of hydrogen-bond donors (Lipinski definition) is 3. The van der Waals surface area contributed by atoms with Crippen LogP contribution in [0.2, 0.25) is 0 Å². The summed E-state index contributed by atoms with van der Waals surface area (Å²) in [5.41, 5.74) is 14.4. The Morgan fingerprint density at radius 3 is 1.72 bits per heavy atom. The zero-order valence-corrected chi connectivity index (χ0v) is 11.3. The smallest absolute Gasteiger partial charge is 0.237 e. The quantitative estimate of drug-likeness (QED) is 0.485. The number of amides is 3. The molecule has 0 aliphatic heterocycles. The Morgan fingerprint density at radius 2 is 1.50 bits per heavy atom. The van der Waals surface area contributed by atoms with E-state index in [0.29, 0.717) is 6.42 Å². The molecule has 0 spiro atoms. The van der Waals surface area contributed by atoms with Crippen molar-refractivity contribution >= 4 is 34.9 Å². The fourth-order valence-electron chi connectivity index (χ4n) is 1.36. The van der Waals surface area contributed by atoms with Crippen molar-refractivity contribution in [1.82, 2.24) is 4.90 Å². The summed E-state index contributed by atoms with van der Waals surface area (Å²) in [6, 6.07) is 0.